The minimum absolute atomic E-state index is 0.263. The number of benzene rings is 3. The van der Waals surface area contributed by atoms with Crippen LogP contribution in [0.2, 0.25) is 0 Å². The van der Waals surface area contributed by atoms with Gasteiger partial charge in [-0.3, -0.25) is 0 Å². The zero-order valence-corrected chi connectivity index (χ0v) is 10.7. The van der Waals surface area contributed by atoms with Gasteiger partial charge in [0, 0.05) is 11.1 Å². The van der Waals surface area contributed by atoms with Crippen LogP contribution in [0.1, 0.15) is 17.0 Å². The van der Waals surface area contributed by atoms with Gasteiger partial charge in [-0.05, 0) is 22.9 Å². The molecule has 1 heterocycles. The highest BCUT2D eigenvalue weighted by molar-refractivity contribution is 5.93. The normalized spacial score (nSPS) is 16.1. The molecule has 96 valence electrons. The van der Waals surface area contributed by atoms with E-state index in [4.69, 9.17) is 4.74 Å². The summed E-state index contributed by atoms with van der Waals surface area (Å²) in [7, 11) is 0. The third kappa shape index (κ3) is 1.48. The summed E-state index contributed by atoms with van der Waals surface area (Å²) < 4.78 is 5.96. The molecule has 0 aromatic heterocycles. The van der Waals surface area contributed by atoms with E-state index in [1.54, 1.807) is 0 Å². The molecule has 2 heteroatoms. The summed E-state index contributed by atoms with van der Waals surface area (Å²) in [5.41, 5.74) is 1.91. The van der Waals surface area contributed by atoms with Gasteiger partial charge in [0.15, 0.2) is 0 Å². The van der Waals surface area contributed by atoms with E-state index in [9.17, 15) is 4.79 Å². The highest BCUT2D eigenvalue weighted by atomic mass is 16.5. The van der Waals surface area contributed by atoms with Crippen molar-refractivity contribution in [2.45, 2.75) is 5.92 Å². The Labute approximate surface area is 116 Å². The molecule has 20 heavy (non-hydrogen) atoms. The van der Waals surface area contributed by atoms with Crippen molar-refractivity contribution in [2.24, 2.45) is 0 Å². The van der Waals surface area contributed by atoms with Gasteiger partial charge in [0.2, 0.25) is 0 Å². The lowest BCUT2D eigenvalue weighted by Crippen LogP contribution is -2.11. The van der Waals surface area contributed by atoms with Crippen molar-refractivity contribution in [3.63, 3.8) is 0 Å². The second kappa shape index (κ2) is 4.20. The summed E-state index contributed by atoms with van der Waals surface area (Å²) in [5.74, 6) is 1.29. The largest absolute Gasteiger partial charge is 0.457 e. The Hall–Kier alpha value is -2.61. The van der Waals surface area contributed by atoms with Crippen LogP contribution in [0.5, 0.6) is 11.5 Å². The Morgan fingerprint density at radius 3 is 2.55 bits per heavy atom. The molecule has 1 atom stereocenters. The Morgan fingerprint density at radius 2 is 1.65 bits per heavy atom. The highest BCUT2D eigenvalue weighted by Gasteiger charge is 2.28. The van der Waals surface area contributed by atoms with Crippen molar-refractivity contribution < 1.29 is 9.53 Å². The van der Waals surface area contributed by atoms with E-state index in [1.807, 2.05) is 54.6 Å². The van der Waals surface area contributed by atoms with Crippen LogP contribution < -0.4 is 4.74 Å². The minimum atomic E-state index is -0.263. The fourth-order valence-corrected chi connectivity index (χ4v) is 2.93. The first kappa shape index (κ1) is 11.2. The molecule has 1 aliphatic rings. The number of para-hydroxylation sites is 1. The first-order valence-corrected chi connectivity index (χ1v) is 6.62. The van der Waals surface area contributed by atoms with Gasteiger partial charge < -0.3 is 9.53 Å². The number of ether oxygens (including phenoxy) is 1. The van der Waals surface area contributed by atoms with Gasteiger partial charge in [0.25, 0.3) is 0 Å². The summed E-state index contributed by atoms with van der Waals surface area (Å²) in [4.78, 5) is 11.7. The summed E-state index contributed by atoms with van der Waals surface area (Å²) in [6.07, 6.45) is 1.01. The molecule has 0 N–H and O–H groups in total. The van der Waals surface area contributed by atoms with E-state index in [2.05, 4.69) is 6.07 Å². The summed E-state index contributed by atoms with van der Waals surface area (Å²) in [6.45, 7) is 0. The molecule has 3 aromatic rings. The lowest BCUT2D eigenvalue weighted by Gasteiger charge is -2.26. The van der Waals surface area contributed by atoms with Gasteiger partial charge >= 0.3 is 0 Å². The maximum atomic E-state index is 11.7. The Bertz CT molecular complexity index is 821. The van der Waals surface area contributed by atoms with Crippen molar-refractivity contribution >= 4 is 17.1 Å². The molecule has 0 aliphatic carbocycles. The number of hydrogen-bond donors (Lipinski definition) is 0. The van der Waals surface area contributed by atoms with Crippen molar-refractivity contribution in [1.82, 2.24) is 0 Å². The molecule has 0 bridgehead atoms. The minimum Gasteiger partial charge on any atom is -0.457 e. The van der Waals surface area contributed by atoms with Crippen LogP contribution in [0.25, 0.3) is 10.8 Å². The number of aldehydes is 1. The first-order valence-electron chi connectivity index (χ1n) is 6.62. The lowest BCUT2D eigenvalue weighted by atomic mass is 9.86. The molecule has 0 fully saturated rings. The molecule has 0 spiro atoms. The molecule has 0 amide bonds. The van der Waals surface area contributed by atoms with E-state index < -0.39 is 0 Å². The monoisotopic (exact) mass is 260 g/mol. The van der Waals surface area contributed by atoms with Gasteiger partial charge in [0.1, 0.15) is 17.8 Å². The SMILES string of the molecule is O=CC1c2ccccc2Oc2ccc3ccccc3c21. The van der Waals surface area contributed by atoms with Gasteiger partial charge in [0.05, 0.1) is 5.92 Å². The van der Waals surface area contributed by atoms with Crippen LogP contribution in [-0.2, 0) is 4.79 Å². The van der Waals surface area contributed by atoms with Crippen LogP contribution >= 0.6 is 0 Å². The number of carbonyl (C=O) groups excluding carboxylic acids is 1. The Morgan fingerprint density at radius 1 is 0.850 bits per heavy atom. The molecule has 1 unspecified atom stereocenters. The number of carbonyl (C=O) groups is 1. The number of hydrogen-bond acceptors (Lipinski definition) is 2. The van der Waals surface area contributed by atoms with Crippen molar-refractivity contribution in [3.05, 3.63) is 71.8 Å². The van der Waals surface area contributed by atoms with E-state index in [0.717, 1.165) is 39.7 Å². The molecule has 4 rings (SSSR count). The predicted molar refractivity (Wildman–Crippen MR) is 78.4 cm³/mol. The zero-order chi connectivity index (χ0) is 13.5. The van der Waals surface area contributed by atoms with E-state index in [-0.39, 0.29) is 5.92 Å². The van der Waals surface area contributed by atoms with Gasteiger partial charge in [-0.25, -0.2) is 0 Å². The number of rotatable bonds is 1. The van der Waals surface area contributed by atoms with Gasteiger partial charge in [-0.1, -0.05) is 48.5 Å². The van der Waals surface area contributed by atoms with Crippen LogP contribution in [0.4, 0.5) is 0 Å². The molecular weight excluding hydrogens is 248 g/mol. The second-order valence-electron chi connectivity index (χ2n) is 4.95. The Balaban J connectivity index is 2.06. The predicted octanol–water partition coefficient (Wildman–Crippen LogP) is 4.28. The lowest BCUT2D eigenvalue weighted by molar-refractivity contribution is -0.108. The molecule has 0 radical (unpaired) electrons. The molecule has 1 aliphatic heterocycles. The van der Waals surface area contributed by atoms with Crippen molar-refractivity contribution in [1.29, 1.82) is 0 Å². The van der Waals surface area contributed by atoms with E-state index >= 15 is 0 Å². The average Bonchev–Trinajstić information content (AvgIpc) is 2.52. The van der Waals surface area contributed by atoms with Crippen LogP contribution in [-0.4, -0.2) is 6.29 Å². The third-order valence-corrected chi connectivity index (χ3v) is 3.85. The summed E-state index contributed by atoms with van der Waals surface area (Å²) >= 11 is 0. The summed E-state index contributed by atoms with van der Waals surface area (Å²) in [5, 5.41) is 2.21. The Kier molecular flexibility index (Phi) is 2.36. The van der Waals surface area contributed by atoms with Crippen molar-refractivity contribution in [3.8, 4) is 11.5 Å². The standard InChI is InChI=1S/C18H12O2/c19-11-15-14-7-3-4-8-16(14)20-17-10-9-12-5-1-2-6-13(12)18(15)17/h1-11,15H. The molecule has 2 nitrogen and oxygen atoms in total. The first-order chi connectivity index (χ1) is 9.88. The topological polar surface area (TPSA) is 26.3 Å². The zero-order valence-electron chi connectivity index (χ0n) is 10.7. The van der Waals surface area contributed by atoms with Gasteiger partial charge in [-0.2, -0.15) is 0 Å². The second-order valence-corrected chi connectivity index (χ2v) is 4.95. The average molecular weight is 260 g/mol. The van der Waals surface area contributed by atoms with E-state index in [1.165, 1.54) is 0 Å². The molecular formula is C18H12O2. The van der Waals surface area contributed by atoms with Crippen LogP contribution in [0.15, 0.2) is 60.7 Å². The number of fused-ring (bicyclic) bond motifs is 4. The van der Waals surface area contributed by atoms with Crippen LogP contribution in [0.3, 0.4) is 0 Å². The fourth-order valence-electron chi connectivity index (χ4n) is 2.93. The molecule has 3 aromatic carbocycles. The maximum absolute atomic E-state index is 11.7. The van der Waals surface area contributed by atoms with Crippen molar-refractivity contribution in [2.75, 3.05) is 0 Å². The molecule has 0 saturated carbocycles. The third-order valence-electron chi connectivity index (χ3n) is 3.85. The molecule has 0 saturated heterocycles. The highest BCUT2D eigenvalue weighted by Crippen LogP contribution is 2.45. The summed E-state index contributed by atoms with van der Waals surface area (Å²) in [6, 6.07) is 19.8. The van der Waals surface area contributed by atoms with Gasteiger partial charge in [-0.15, -0.1) is 0 Å². The maximum Gasteiger partial charge on any atom is 0.132 e. The van der Waals surface area contributed by atoms with Crippen LogP contribution in [0, 0.1) is 0 Å². The smallest absolute Gasteiger partial charge is 0.132 e. The van der Waals surface area contributed by atoms with E-state index in [0.29, 0.717) is 0 Å². The quantitative estimate of drug-likeness (QED) is 0.610. The fraction of sp³-hybridized carbons (Fsp3) is 0.0556.